The standard InChI is InChI=1S/C26H48N4O8/c1-5-35-23(31)19-27-11-9-10-12-28(20-24(32)36-6-2)14-16-30(22-26(34)38-8-4)18-17-29(15-13-27)21-25(33)37-7-3/h5-22H2,1-4H3. The van der Waals surface area contributed by atoms with Crippen LogP contribution in [0.4, 0.5) is 0 Å². The number of hydrogen-bond acceptors (Lipinski definition) is 12. The molecule has 0 radical (unpaired) electrons. The molecule has 0 atom stereocenters. The lowest BCUT2D eigenvalue weighted by Gasteiger charge is -2.31. The molecule has 1 rings (SSSR count). The largest absolute Gasteiger partial charge is 0.465 e. The highest BCUT2D eigenvalue weighted by Gasteiger charge is 2.21. The second kappa shape index (κ2) is 20.7. The van der Waals surface area contributed by atoms with Crippen LogP contribution in [0.15, 0.2) is 0 Å². The van der Waals surface area contributed by atoms with E-state index >= 15 is 0 Å². The number of carbonyl (C=O) groups excluding carboxylic acids is 4. The van der Waals surface area contributed by atoms with E-state index in [9.17, 15) is 19.2 Å². The predicted molar refractivity (Wildman–Crippen MR) is 142 cm³/mol. The highest BCUT2D eigenvalue weighted by molar-refractivity contribution is 5.72. The van der Waals surface area contributed by atoms with Crippen molar-refractivity contribution in [3.8, 4) is 0 Å². The molecule has 12 heteroatoms. The summed E-state index contributed by atoms with van der Waals surface area (Å²) >= 11 is 0. The van der Waals surface area contributed by atoms with Gasteiger partial charge in [-0.05, 0) is 53.6 Å². The van der Waals surface area contributed by atoms with Crippen LogP contribution in [0, 0.1) is 0 Å². The van der Waals surface area contributed by atoms with Crippen LogP contribution in [-0.4, -0.2) is 148 Å². The van der Waals surface area contributed by atoms with Crippen molar-refractivity contribution >= 4 is 23.9 Å². The third-order valence-electron chi connectivity index (χ3n) is 6.03. The van der Waals surface area contributed by atoms with E-state index in [0.29, 0.717) is 78.8 Å². The van der Waals surface area contributed by atoms with Crippen molar-refractivity contribution in [3.05, 3.63) is 0 Å². The molecule has 1 saturated heterocycles. The lowest BCUT2D eigenvalue weighted by atomic mass is 10.2. The van der Waals surface area contributed by atoms with Gasteiger partial charge in [0, 0.05) is 39.3 Å². The summed E-state index contributed by atoms with van der Waals surface area (Å²) in [4.78, 5) is 57.0. The molecule has 0 N–H and O–H groups in total. The molecule has 0 aliphatic carbocycles. The Labute approximate surface area is 227 Å². The Morgan fingerprint density at radius 1 is 0.421 bits per heavy atom. The Bertz CT molecular complexity index is 651. The lowest BCUT2D eigenvalue weighted by molar-refractivity contribution is -0.147. The van der Waals surface area contributed by atoms with Gasteiger partial charge in [-0.2, -0.15) is 0 Å². The van der Waals surface area contributed by atoms with Gasteiger partial charge in [0.1, 0.15) is 0 Å². The van der Waals surface area contributed by atoms with E-state index < -0.39 is 0 Å². The zero-order chi connectivity index (χ0) is 28.2. The molecular formula is C26H48N4O8. The summed E-state index contributed by atoms with van der Waals surface area (Å²) in [6.07, 6.45) is 1.65. The monoisotopic (exact) mass is 544 g/mol. The fourth-order valence-electron chi connectivity index (χ4n) is 4.16. The van der Waals surface area contributed by atoms with Gasteiger partial charge in [-0.25, -0.2) is 0 Å². The van der Waals surface area contributed by atoms with Gasteiger partial charge < -0.3 is 18.9 Å². The molecule has 0 unspecified atom stereocenters. The summed E-state index contributed by atoms with van der Waals surface area (Å²) < 4.78 is 20.6. The maximum atomic E-state index is 12.3. The van der Waals surface area contributed by atoms with Crippen LogP contribution in [0.5, 0.6) is 0 Å². The van der Waals surface area contributed by atoms with E-state index in [-0.39, 0.29) is 50.1 Å². The van der Waals surface area contributed by atoms with Crippen LogP contribution in [0.3, 0.4) is 0 Å². The second-order valence-corrected chi connectivity index (χ2v) is 9.03. The number of esters is 4. The van der Waals surface area contributed by atoms with Gasteiger partial charge in [-0.15, -0.1) is 0 Å². The molecular weight excluding hydrogens is 496 g/mol. The Kier molecular flexibility index (Phi) is 18.3. The summed E-state index contributed by atoms with van der Waals surface area (Å²) in [6.45, 7) is 13.6. The molecule has 0 spiro atoms. The molecule has 1 aliphatic heterocycles. The minimum Gasteiger partial charge on any atom is -0.465 e. The molecule has 1 aliphatic rings. The summed E-state index contributed by atoms with van der Waals surface area (Å²) in [5.41, 5.74) is 0. The number of carbonyl (C=O) groups is 4. The first-order valence-corrected chi connectivity index (χ1v) is 13.8. The van der Waals surface area contributed by atoms with Gasteiger partial charge in [-0.3, -0.25) is 38.8 Å². The van der Waals surface area contributed by atoms with Gasteiger partial charge >= 0.3 is 23.9 Å². The molecule has 38 heavy (non-hydrogen) atoms. The van der Waals surface area contributed by atoms with Gasteiger partial charge in [0.05, 0.1) is 52.6 Å². The Hall–Kier alpha value is -2.28. The molecule has 0 bridgehead atoms. The maximum Gasteiger partial charge on any atom is 0.320 e. The van der Waals surface area contributed by atoms with Crippen LogP contribution in [0.25, 0.3) is 0 Å². The highest BCUT2D eigenvalue weighted by Crippen LogP contribution is 2.05. The maximum absolute atomic E-state index is 12.3. The number of nitrogens with zero attached hydrogens (tertiary/aromatic N) is 4. The van der Waals surface area contributed by atoms with Crippen LogP contribution < -0.4 is 0 Å². The second-order valence-electron chi connectivity index (χ2n) is 9.03. The average molecular weight is 545 g/mol. The minimum atomic E-state index is -0.317. The quantitative estimate of drug-likeness (QED) is 0.247. The van der Waals surface area contributed by atoms with Crippen molar-refractivity contribution in [2.24, 2.45) is 0 Å². The summed E-state index contributed by atoms with van der Waals surface area (Å²) in [5.74, 6) is -1.20. The molecule has 0 saturated carbocycles. The van der Waals surface area contributed by atoms with Crippen molar-refractivity contribution in [3.63, 3.8) is 0 Å². The molecule has 12 nitrogen and oxygen atoms in total. The fourth-order valence-corrected chi connectivity index (χ4v) is 4.16. The molecule has 0 aromatic carbocycles. The van der Waals surface area contributed by atoms with Gasteiger partial charge in [0.2, 0.25) is 0 Å². The van der Waals surface area contributed by atoms with E-state index in [0.717, 1.165) is 12.8 Å². The SMILES string of the molecule is CCOC(=O)CN1CCCCN(CC(=O)OCC)CCN(CC(=O)OCC)CCN(CC(=O)OCC)CC1. The minimum absolute atomic E-state index is 0.114. The smallest absolute Gasteiger partial charge is 0.320 e. The zero-order valence-electron chi connectivity index (χ0n) is 23.8. The third kappa shape index (κ3) is 15.9. The van der Waals surface area contributed by atoms with E-state index in [1.54, 1.807) is 27.7 Å². The molecule has 1 heterocycles. The van der Waals surface area contributed by atoms with E-state index in [4.69, 9.17) is 18.9 Å². The molecule has 0 amide bonds. The number of ether oxygens (including phenoxy) is 4. The van der Waals surface area contributed by atoms with Crippen LogP contribution >= 0.6 is 0 Å². The lowest BCUT2D eigenvalue weighted by Crippen LogP contribution is -2.46. The van der Waals surface area contributed by atoms with Gasteiger partial charge in [0.25, 0.3) is 0 Å². The fraction of sp³-hybridized carbons (Fsp3) is 0.846. The van der Waals surface area contributed by atoms with Crippen LogP contribution in [0.1, 0.15) is 40.5 Å². The molecule has 0 aromatic heterocycles. The number of hydrogen-bond donors (Lipinski definition) is 0. The van der Waals surface area contributed by atoms with Crippen LogP contribution in [0.2, 0.25) is 0 Å². The van der Waals surface area contributed by atoms with Crippen molar-refractivity contribution in [2.45, 2.75) is 40.5 Å². The van der Waals surface area contributed by atoms with Crippen molar-refractivity contribution in [2.75, 3.05) is 105 Å². The van der Waals surface area contributed by atoms with Gasteiger partial charge in [-0.1, -0.05) is 0 Å². The number of rotatable bonds is 12. The van der Waals surface area contributed by atoms with Gasteiger partial charge in [0.15, 0.2) is 0 Å². The van der Waals surface area contributed by atoms with Crippen molar-refractivity contribution in [1.82, 2.24) is 19.6 Å². The first-order chi connectivity index (χ1) is 18.3. The van der Waals surface area contributed by atoms with E-state index in [2.05, 4.69) is 0 Å². The van der Waals surface area contributed by atoms with Crippen molar-refractivity contribution in [1.29, 1.82) is 0 Å². The summed E-state index contributed by atoms with van der Waals surface area (Å²) in [5, 5.41) is 0. The highest BCUT2D eigenvalue weighted by atomic mass is 16.5. The third-order valence-corrected chi connectivity index (χ3v) is 6.03. The first-order valence-electron chi connectivity index (χ1n) is 13.8. The summed E-state index contributed by atoms with van der Waals surface area (Å²) in [6, 6.07) is 0. The molecule has 1 fully saturated rings. The average Bonchev–Trinajstić information content (AvgIpc) is 2.85. The Morgan fingerprint density at radius 3 is 0.842 bits per heavy atom. The van der Waals surface area contributed by atoms with E-state index in [1.165, 1.54) is 0 Å². The molecule has 220 valence electrons. The first kappa shape index (κ1) is 33.7. The topological polar surface area (TPSA) is 118 Å². The molecule has 0 aromatic rings. The van der Waals surface area contributed by atoms with Crippen LogP contribution in [-0.2, 0) is 38.1 Å². The predicted octanol–water partition coefficient (Wildman–Crippen LogP) is 0.241. The normalized spacial score (nSPS) is 17.8. The zero-order valence-corrected chi connectivity index (χ0v) is 23.8. The van der Waals surface area contributed by atoms with E-state index in [1.807, 2.05) is 19.6 Å². The Morgan fingerprint density at radius 2 is 0.632 bits per heavy atom. The van der Waals surface area contributed by atoms with Crippen molar-refractivity contribution < 1.29 is 38.1 Å². The summed E-state index contributed by atoms with van der Waals surface area (Å²) in [7, 11) is 0. The Balaban J connectivity index is 3.06.